The Balaban J connectivity index is 0.000000292. The van der Waals surface area contributed by atoms with Gasteiger partial charge in [-0.25, -0.2) is 0 Å². The number of carbonyl (C=O) groups excluding carboxylic acids is 2. The molecule has 1 aromatic rings. The van der Waals surface area contributed by atoms with E-state index in [1.807, 2.05) is 44.2 Å². The summed E-state index contributed by atoms with van der Waals surface area (Å²) in [6.07, 6.45) is 2.36. The smallest absolute Gasteiger partial charge is 0.124 e. The van der Waals surface area contributed by atoms with Crippen LogP contribution in [0.1, 0.15) is 19.4 Å². The fourth-order valence-electron chi connectivity index (χ4n) is 0.710. The van der Waals surface area contributed by atoms with E-state index in [0.29, 0.717) is 6.42 Å². The van der Waals surface area contributed by atoms with Crippen LogP contribution in [0.15, 0.2) is 30.3 Å². The summed E-state index contributed by atoms with van der Waals surface area (Å²) in [6, 6.07) is 9.68. The van der Waals surface area contributed by atoms with E-state index >= 15 is 0 Å². The quantitative estimate of drug-likeness (QED) is 0.688. The summed E-state index contributed by atoms with van der Waals surface area (Å²) in [5.74, 6) is 0.204. The topological polar surface area (TPSA) is 34.1 Å². The molecule has 2 nitrogen and oxygen atoms in total. The van der Waals surface area contributed by atoms with Crippen LogP contribution in [-0.4, -0.2) is 12.6 Å². The predicted molar refractivity (Wildman–Crippen MR) is 57.1 cm³/mol. The molecule has 0 aliphatic heterocycles. The molecular weight excluding hydrogens is 176 g/mol. The largest absolute Gasteiger partial charge is 0.303 e. The van der Waals surface area contributed by atoms with E-state index in [0.717, 1.165) is 18.1 Å². The number of hydrogen-bond acceptors (Lipinski definition) is 2. The minimum Gasteiger partial charge on any atom is -0.303 e. The van der Waals surface area contributed by atoms with Crippen LogP contribution in [0.5, 0.6) is 0 Å². The van der Waals surface area contributed by atoms with Crippen molar-refractivity contribution in [2.75, 3.05) is 0 Å². The molecule has 1 aromatic carbocycles. The Morgan fingerprint density at radius 1 is 1.14 bits per heavy atom. The first-order valence-electron chi connectivity index (χ1n) is 4.63. The average molecular weight is 192 g/mol. The molecule has 0 amide bonds. The number of rotatable bonds is 3. The highest BCUT2D eigenvalue weighted by Crippen LogP contribution is 1.96. The Hall–Kier alpha value is -1.44. The Morgan fingerprint density at radius 2 is 1.64 bits per heavy atom. The van der Waals surface area contributed by atoms with E-state index in [-0.39, 0.29) is 5.92 Å². The molecular formula is C12H16O2. The molecule has 0 N–H and O–H groups in total. The van der Waals surface area contributed by atoms with Crippen molar-refractivity contribution in [3.05, 3.63) is 35.9 Å². The maximum Gasteiger partial charge on any atom is 0.124 e. The third-order valence-corrected chi connectivity index (χ3v) is 1.43. The molecule has 0 saturated heterocycles. The van der Waals surface area contributed by atoms with Gasteiger partial charge in [0.15, 0.2) is 0 Å². The summed E-state index contributed by atoms with van der Waals surface area (Å²) in [6.45, 7) is 3.71. The van der Waals surface area contributed by atoms with Gasteiger partial charge < -0.3 is 9.59 Å². The highest BCUT2D eigenvalue weighted by molar-refractivity contribution is 5.54. The first kappa shape index (κ1) is 12.6. The zero-order valence-electron chi connectivity index (χ0n) is 8.64. The second kappa shape index (κ2) is 8.17. The van der Waals surface area contributed by atoms with Crippen molar-refractivity contribution in [3.8, 4) is 0 Å². The van der Waals surface area contributed by atoms with Crippen molar-refractivity contribution in [2.45, 2.75) is 20.3 Å². The molecule has 0 spiro atoms. The molecule has 0 saturated carbocycles. The molecule has 0 atom stereocenters. The van der Waals surface area contributed by atoms with E-state index in [4.69, 9.17) is 0 Å². The monoisotopic (exact) mass is 192 g/mol. The molecule has 2 heteroatoms. The Labute approximate surface area is 84.9 Å². The third-order valence-electron chi connectivity index (χ3n) is 1.43. The van der Waals surface area contributed by atoms with Crippen LogP contribution in [0.2, 0.25) is 0 Å². The van der Waals surface area contributed by atoms with Crippen molar-refractivity contribution in [2.24, 2.45) is 5.92 Å². The molecule has 0 aromatic heterocycles. The highest BCUT2D eigenvalue weighted by atomic mass is 16.1. The Bertz CT molecular complexity index is 252. The molecule has 1 rings (SSSR count). The second-order valence-corrected chi connectivity index (χ2v) is 3.24. The van der Waals surface area contributed by atoms with E-state index in [1.54, 1.807) is 0 Å². The lowest BCUT2D eigenvalue weighted by Crippen LogP contribution is -1.82. The second-order valence-electron chi connectivity index (χ2n) is 3.24. The number of hydrogen-bond donors (Lipinski definition) is 0. The van der Waals surface area contributed by atoms with Gasteiger partial charge in [-0.3, -0.25) is 0 Å². The zero-order valence-corrected chi connectivity index (χ0v) is 8.64. The van der Waals surface area contributed by atoms with Gasteiger partial charge >= 0.3 is 0 Å². The van der Waals surface area contributed by atoms with Gasteiger partial charge in [-0.15, -0.1) is 0 Å². The van der Waals surface area contributed by atoms with Gasteiger partial charge in [0.1, 0.15) is 12.6 Å². The molecule has 0 fully saturated rings. The highest BCUT2D eigenvalue weighted by Gasteiger charge is 1.84. The fraction of sp³-hybridized carbons (Fsp3) is 0.333. The van der Waals surface area contributed by atoms with Gasteiger partial charge in [-0.1, -0.05) is 44.2 Å². The lowest BCUT2D eigenvalue weighted by molar-refractivity contribution is -0.110. The maximum atomic E-state index is 9.97. The van der Waals surface area contributed by atoms with Crippen molar-refractivity contribution >= 4 is 12.6 Å². The van der Waals surface area contributed by atoms with Crippen LogP contribution < -0.4 is 0 Å². The summed E-state index contributed by atoms with van der Waals surface area (Å²) in [5.41, 5.74) is 1.08. The van der Waals surface area contributed by atoms with Crippen molar-refractivity contribution in [1.82, 2.24) is 0 Å². The van der Waals surface area contributed by atoms with Crippen LogP contribution in [0, 0.1) is 5.92 Å². The van der Waals surface area contributed by atoms with E-state index in [9.17, 15) is 9.59 Å². The minimum absolute atomic E-state index is 0.204. The SMILES string of the molecule is CC(C)C=O.O=CCc1ccccc1. The summed E-state index contributed by atoms with van der Waals surface area (Å²) in [4.78, 5) is 19.5. The van der Waals surface area contributed by atoms with Crippen LogP contribution in [0.3, 0.4) is 0 Å². The molecule has 0 heterocycles. The summed E-state index contributed by atoms with van der Waals surface area (Å²) >= 11 is 0. The van der Waals surface area contributed by atoms with E-state index in [2.05, 4.69) is 0 Å². The van der Waals surface area contributed by atoms with Gasteiger partial charge in [-0.2, -0.15) is 0 Å². The van der Waals surface area contributed by atoms with E-state index in [1.165, 1.54) is 0 Å². The summed E-state index contributed by atoms with van der Waals surface area (Å²) in [5, 5.41) is 0. The predicted octanol–water partition coefficient (Wildman–Crippen LogP) is 2.27. The van der Waals surface area contributed by atoms with Crippen LogP contribution in [-0.2, 0) is 16.0 Å². The number of benzene rings is 1. The fourth-order valence-corrected chi connectivity index (χ4v) is 0.710. The third kappa shape index (κ3) is 7.22. The van der Waals surface area contributed by atoms with Crippen LogP contribution in [0.25, 0.3) is 0 Å². The lowest BCUT2D eigenvalue weighted by atomic mass is 10.2. The molecule has 14 heavy (non-hydrogen) atoms. The van der Waals surface area contributed by atoms with E-state index < -0.39 is 0 Å². The molecule has 0 radical (unpaired) electrons. The van der Waals surface area contributed by atoms with Gasteiger partial charge in [0.2, 0.25) is 0 Å². The molecule has 0 aliphatic rings. The van der Waals surface area contributed by atoms with Gasteiger partial charge in [0, 0.05) is 12.3 Å². The Kier molecular flexibility index (Phi) is 7.33. The van der Waals surface area contributed by atoms with Crippen molar-refractivity contribution in [1.29, 1.82) is 0 Å². The average Bonchev–Trinajstić information content (AvgIpc) is 2.21. The van der Waals surface area contributed by atoms with Gasteiger partial charge in [0.25, 0.3) is 0 Å². The molecule has 0 unspecified atom stereocenters. The molecule has 76 valence electrons. The number of aldehydes is 2. The standard InChI is InChI=1S/C8H8O.C4H8O/c9-7-6-8-4-2-1-3-5-8;1-4(2)3-5/h1-5,7H,6H2;3-4H,1-2H3. The first-order chi connectivity index (χ1) is 6.70. The summed E-state index contributed by atoms with van der Waals surface area (Å²) in [7, 11) is 0. The molecule has 0 aliphatic carbocycles. The van der Waals surface area contributed by atoms with Crippen LogP contribution >= 0.6 is 0 Å². The van der Waals surface area contributed by atoms with Crippen molar-refractivity contribution in [3.63, 3.8) is 0 Å². The maximum absolute atomic E-state index is 9.97. The summed E-state index contributed by atoms with van der Waals surface area (Å²) < 4.78 is 0. The van der Waals surface area contributed by atoms with Gasteiger partial charge in [-0.05, 0) is 5.56 Å². The minimum atomic E-state index is 0.204. The van der Waals surface area contributed by atoms with Crippen molar-refractivity contribution < 1.29 is 9.59 Å². The van der Waals surface area contributed by atoms with Crippen LogP contribution in [0.4, 0.5) is 0 Å². The lowest BCUT2D eigenvalue weighted by Gasteiger charge is -1.89. The zero-order chi connectivity index (χ0) is 10.8. The van der Waals surface area contributed by atoms with Gasteiger partial charge in [0.05, 0.1) is 0 Å². The number of carbonyl (C=O) groups is 2. The molecule has 0 bridgehead atoms. The first-order valence-corrected chi connectivity index (χ1v) is 4.63. The Morgan fingerprint density at radius 3 is 2.00 bits per heavy atom. The normalized spacial score (nSPS) is 8.79.